The van der Waals surface area contributed by atoms with Gasteiger partial charge < -0.3 is 19.4 Å². The minimum Gasteiger partial charge on any atom is -0.497 e. The molecule has 0 fully saturated rings. The molecule has 25 heavy (non-hydrogen) atoms. The topological polar surface area (TPSA) is 54.6 Å². The fraction of sp³-hybridized carbons (Fsp3) is 0.211. The lowest BCUT2D eigenvalue weighted by Gasteiger charge is -2.16. The highest BCUT2D eigenvalue weighted by Gasteiger charge is 2.14. The molecule has 1 heterocycles. The maximum absolute atomic E-state index is 13.2. The van der Waals surface area contributed by atoms with Crippen LogP contribution in [0.25, 0.3) is 10.9 Å². The van der Waals surface area contributed by atoms with E-state index in [2.05, 4.69) is 4.98 Å². The third-order valence-electron chi connectivity index (χ3n) is 3.91. The highest BCUT2D eigenvalue weighted by molar-refractivity contribution is 5.97. The van der Waals surface area contributed by atoms with Gasteiger partial charge in [0.25, 0.3) is 5.91 Å². The van der Waals surface area contributed by atoms with E-state index < -0.39 is 0 Å². The van der Waals surface area contributed by atoms with Crippen molar-refractivity contribution in [2.24, 2.45) is 0 Å². The van der Waals surface area contributed by atoms with Crippen LogP contribution in [0.5, 0.6) is 11.5 Å². The van der Waals surface area contributed by atoms with E-state index in [1.807, 2.05) is 24.3 Å². The monoisotopic (exact) mass is 342 g/mol. The van der Waals surface area contributed by atoms with Crippen LogP contribution in [0.3, 0.4) is 0 Å². The van der Waals surface area contributed by atoms with E-state index in [0.717, 1.165) is 11.3 Å². The number of amides is 1. The van der Waals surface area contributed by atoms with Crippen molar-refractivity contribution in [1.29, 1.82) is 0 Å². The average molecular weight is 342 g/mol. The van der Waals surface area contributed by atoms with E-state index in [0.29, 0.717) is 30.0 Å². The summed E-state index contributed by atoms with van der Waals surface area (Å²) in [6, 6.07) is 13.3. The Labute approximate surface area is 145 Å². The van der Waals surface area contributed by atoms with Crippen molar-refractivity contribution in [3.05, 3.63) is 60.0 Å². The summed E-state index contributed by atoms with van der Waals surface area (Å²) in [7, 11) is 3.31. The van der Waals surface area contributed by atoms with Crippen molar-refractivity contribution >= 4 is 16.8 Å². The van der Waals surface area contributed by atoms with Gasteiger partial charge >= 0.3 is 0 Å². The number of methoxy groups -OCH3 is 1. The normalized spacial score (nSPS) is 10.7. The zero-order valence-electron chi connectivity index (χ0n) is 14.1. The van der Waals surface area contributed by atoms with Gasteiger partial charge in [0, 0.05) is 18.0 Å². The van der Waals surface area contributed by atoms with Crippen molar-refractivity contribution in [3.63, 3.8) is 0 Å². The van der Waals surface area contributed by atoms with E-state index in [9.17, 15) is 9.18 Å². The zero-order chi connectivity index (χ0) is 17.8. The van der Waals surface area contributed by atoms with Gasteiger partial charge in [-0.2, -0.15) is 0 Å². The molecule has 1 aromatic heterocycles. The second-order valence-electron chi connectivity index (χ2n) is 5.67. The van der Waals surface area contributed by atoms with Crippen molar-refractivity contribution < 1.29 is 18.7 Å². The first kappa shape index (κ1) is 16.8. The second-order valence-corrected chi connectivity index (χ2v) is 5.67. The van der Waals surface area contributed by atoms with Crippen LogP contribution < -0.4 is 9.47 Å². The Balaban J connectivity index is 1.57. The standard InChI is InChI=1S/C19H19FN2O3/c1-22(9-10-25-16-6-4-15(24-2)5-7-16)19(23)18-12-13-11-14(20)3-8-17(13)21-18/h3-8,11-12,21H,9-10H2,1-2H3. The predicted molar refractivity (Wildman–Crippen MR) is 93.7 cm³/mol. The number of aromatic nitrogens is 1. The number of aromatic amines is 1. The van der Waals surface area contributed by atoms with Crippen molar-refractivity contribution in [2.75, 3.05) is 27.3 Å². The van der Waals surface area contributed by atoms with Crippen LogP contribution in [0, 0.1) is 5.82 Å². The lowest BCUT2D eigenvalue weighted by Crippen LogP contribution is -2.31. The van der Waals surface area contributed by atoms with Crippen LogP contribution in [0.4, 0.5) is 4.39 Å². The van der Waals surface area contributed by atoms with E-state index in [1.54, 1.807) is 31.2 Å². The van der Waals surface area contributed by atoms with E-state index in [4.69, 9.17) is 9.47 Å². The molecule has 0 atom stereocenters. The first-order chi connectivity index (χ1) is 12.1. The van der Waals surface area contributed by atoms with Crippen LogP contribution in [-0.2, 0) is 0 Å². The number of H-pyrrole nitrogens is 1. The van der Waals surface area contributed by atoms with Crippen molar-refractivity contribution in [3.8, 4) is 11.5 Å². The second kappa shape index (κ2) is 7.25. The number of ether oxygens (including phenoxy) is 2. The molecule has 0 bridgehead atoms. The number of nitrogens with zero attached hydrogens (tertiary/aromatic N) is 1. The number of halogens is 1. The van der Waals surface area contributed by atoms with Crippen LogP contribution in [0.2, 0.25) is 0 Å². The quantitative estimate of drug-likeness (QED) is 0.746. The maximum atomic E-state index is 13.2. The van der Waals surface area contributed by atoms with Crippen LogP contribution in [0.1, 0.15) is 10.5 Å². The van der Waals surface area contributed by atoms with Crippen molar-refractivity contribution in [2.45, 2.75) is 0 Å². The molecule has 1 N–H and O–H groups in total. The largest absolute Gasteiger partial charge is 0.497 e. The molecule has 3 aromatic rings. The number of carbonyl (C=O) groups is 1. The summed E-state index contributed by atoms with van der Waals surface area (Å²) >= 11 is 0. The third-order valence-corrected chi connectivity index (χ3v) is 3.91. The summed E-state index contributed by atoms with van der Waals surface area (Å²) < 4.78 is 24.0. The third kappa shape index (κ3) is 3.91. The average Bonchev–Trinajstić information content (AvgIpc) is 3.04. The molecule has 0 spiro atoms. The Kier molecular flexibility index (Phi) is 4.88. The summed E-state index contributed by atoms with van der Waals surface area (Å²) in [6.45, 7) is 0.790. The molecule has 6 heteroatoms. The van der Waals surface area contributed by atoms with E-state index >= 15 is 0 Å². The molecule has 3 rings (SSSR count). The SMILES string of the molecule is COc1ccc(OCCN(C)C(=O)c2cc3cc(F)ccc3[nH]2)cc1. The van der Waals surface area contributed by atoms with Gasteiger partial charge in [-0.1, -0.05) is 0 Å². The molecular formula is C19H19FN2O3. The molecule has 0 saturated heterocycles. The molecule has 0 aliphatic rings. The van der Waals surface area contributed by atoms with Gasteiger partial charge in [-0.05, 0) is 48.5 Å². The smallest absolute Gasteiger partial charge is 0.270 e. The van der Waals surface area contributed by atoms with Gasteiger partial charge in [0.2, 0.25) is 0 Å². The number of benzene rings is 2. The Morgan fingerprint density at radius 2 is 1.84 bits per heavy atom. The molecule has 0 aliphatic carbocycles. The number of rotatable bonds is 6. The molecule has 1 amide bonds. The number of nitrogens with one attached hydrogen (secondary N) is 1. The molecule has 0 saturated carbocycles. The first-order valence-corrected chi connectivity index (χ1v) is 7.87. The number of likely N-dealkylation sites (N-methyl/N-ethyl adjacent to an activating group) is 1. The number of hydrogen-bond acceptors (Lipinski definition) is 3. The molecule has 5 nitrogen and oxygen atoms in total. The molecule has 0 radical (unpaired) electrons. The summed E-state index contributed by atoms with van der Waals surface area (Å²) in [6.07, 6.45) is 0. The van der Waals surface area contributed by atoms with Crippen LogP contribution in [-0.4, -0.2) is 43.1 Å². The lowest BCUT2D eigenvalue weighted by molar-refractivity contribution is 0.0769. The lowest BCUT2D eigenvalue weighted by atomic mass is 10.2. The minimum absolute atomic E-state index is 0.171. The summed E-state index contributed by atoms with van der Waals surface area (Å²) in [5, 5.41) is 0.672. The Bertz CT molecular complexity index is 874. The Morgan fingerprint density at radius 1 is 1.12 bits per heavy atom. The van der Waals surface area contributed by atoms with Gasteiger partial charge in [0.15, 0.2) is 0 Å². The fourth-order valence-electron chi connectivity index (χ4n) is 2.50. The summed E-state index contributed by atoms with van der Waals surface area (Å²) in [4.78, 5) is 17.0. The van der Waals surface area contributed by atoms with E-state index in [-0.39, 0.29) is 11.7 Å². The number of carbonyl (C=O) groups excluding carboxylic acids is 1. The fourth-order valence-corrected chi connectivity index (χ4v) is 2.50. The zero-order valence-corrected chi connectivity index (χ0v) is 14.1. The van der Waals surface area contributed by atoms with Gasteiger partial charge in [0.1, 0.15) is 29.6 Å². The highest BCUT2D eigenvalue weighted by atomic mass is 19.1. The molecule has 0 unspecified atom stereocenters. The minimum atomic E-state index is -0.327. The maximum Gasteiger partial charge on any atom is 0.270 e. The molecular weight excluding hydrogens is 323 g/mol. The van der Waals surface area contributed by atoms with Gasteiger partial charge in [0.05, 0.1) is 13.7 Å². The number of fused-ring (bicyclic) bond motifs is 1. The molecule has 2 aromatic carbocycles. The Morgan fingerprint density at radius 3 is 2.56 bits per heavy atom. The van der Waals surface area contributed by atoms with Crippen LogP contribution >= 0.6 is 0 Å². The predicted octanol–water partition coefficient (Wildman–Crippen LogP) is 3.47. The van der Waals surface area contributed by atoms with E-state index in [1.165, 1.54) is 12.1 Å². The Hall–Kier alpha value is -3.02. The first-order valence-electron chi connectivity index (χ1n) is 7.87. The van der Waals surface area contributed by atoms with Gasteiger partial charge in [-0.3, -0.25) is 4.79 Å². The summed E-state index contributed by atoms with van der Waals surface area (Å²) in [5.74, 6) is 0.972. The summed E-state index contributed by atoms with van der Waals surface area (Å²) in [5.41, 5.74) is 1.15. The molecule has 130 valence electrons. The van der Waals surface area contributed by atoms with Gasteiger partial charge in [-0.25, -0.2) is 4.39 Å². The van der Waals surface area contributed by atoms with Crippen LogP contribution in [0.15, 0.2) is 48.5 Å². The number of hydrogen-bond donors (Lipinski definition) is 1. The molecule has 0 aliphatic heterocycles. The van der Waals surface area contributed by atoms with Gasteiger partial charge in [-0.15, -0.1) is 0 Å². The van der Waals surface area contributed by atoms with Crippen molar-refractivity contribution in [1.82, 2.24) is 9.88 Å². The highest BCUT2D eigenvalue weighted by Crippen LogP contribution is 2.18.